The fourth-order valence-electron chi connectivity index (χ4n) is 1.38. The van der Waals surface area contributed by atoms with Crippen molar-refractivity contribution in [3.63, 3.8) is 0 Å². The molecule has 0 aromatic carbocycles. The Balaban J connectivity index is 2.28. The first-order valence-electron chi connectivity index (χ1n) is 5.65. The summed E-state index contributed by atoms with van der Waals surface area (Å²) in [5.74, 6) is -1.16. The number of carbonyl (C=O) groups excluding carboxylic acids is 1. The lowest BCUT2D eigenvalue weighted by Crippen LogP contribution is -2.46. The average Bonchev–Trinajstić information content (AvgIpc) is 2.74. The van der Waals surface area contributed by atoms with Gasteiger partial charge in [0.25, 0.3) is 0 Å². The van der Waals surface area contributed by atoms with Gasteiger partial charge in [-0.3, -0.25) is 0 Å². The average molecular weight is 351 g/mol. The summed E-state index contributed by atoms with van der Waals surface area (Å²) >= 11 is 4.93. The number of hydrogen-bond acceptors (Lipinski definition) is 4. The van der Waals surface area contributed by atoms with E-state index in [1.807, 2.05) is 12.1 Å². The molecule has 1 unspecified atom stereocenters. The van der Waals surface area contributed by atoms with E-state index < -0.39 is 18.0 Å². The summed E-state index contributed by atoms with van der Waals surface area (Å²) in [6, 6.07) is 2.28. The first-order chi connectivity index (χ1) is 9.02. The van der Waals surface area contributed by atoms with Crippen molar-refractivity contribution in [2.24, 2.45) is 0 Å². The number of carboxylic acid groups (broad SMARTS) is 1. The van der Waals surface area contributed by atoms with Crippen LogP contribution in [0.3, 0.4) is 0 Å². The predicted octanol–water partition coefficient (Wildman–Crippen LogP) is 1.19. The molecule has 0 saturated heterocycles. The zero-order valence-corrected chi connectivity index (χ0v) is 12.5. The first kappa shape index (κ1) is 15.9. The van der Waals surface area contributed by atoms with E-state index in [2.05, 4.69) is 26.6 Å². The van der Waals surface area contributed by atoms with Crippen LogP contribution >= 0.6 is 27.3 Å². The molecule has 0 saturated carbocycles. The molecule has 8 heteroatoms. The number of thiophene rings is 1. The third-order valence-electron chi connectivity index (χ3n) is 2.31. The van der Waals surface area contributed by atoms with E-state index >= 15 is 0 Å². The summed E-state index contributed by atoms with van der Waals surface area (Å²) in [5, 5.41) is 22.4. The summed E-state index contributed by atoms with van der Waals surface area (Å²) in [6.07, 6.45) is 0.669. The summed E-state index contributed by atoms with van der Waals surface area (Å²) in [7, 11) is 0. The van der Waals surface area contributed by atoms with Crippen molar-refractivity contribution in [2.75, 3.05) is 13.2 Å². The Morgan fingerprint density at radius 1 is 1.42 bits per heavy atom. The lowest BCUT2D eigenvalue weighted by molar-refractivity contribution is -0.139. The Morgan fingerprint density at radius 3 is 2.68 bits per heavy atom. The van der Waals surface area contributed by atoms with Gasteiger partial charge in [0.15, 0.2) is 0 Å². The summed E-state index contributed by atoms with van der Waals surface area (Å²) < 4.78 is 1.03. The Bertz CT molecular complexity index is 438. The number of carbonyl (C=O) groups is 2. The second-order valence-corrected chi connectivity index (χ2v) is 6.31. The third kappa shape index (κ3) is 6.04. The lowest BCUT2D eigenvalue weighted by Gasteiger charge is -2.13. The van der Waals surface area contributed by atoms with Gasteiger partial charge in [-0.1, -0.05) is 0 Å². The van der Waals surface area contributed by atoms with E-state index in [4.69, 9.17) is 10.2 Å². The van der Waals surface area contributed by atoms with Crippen molar-refractivity contribution in [2.45, 2.75) is 18.9 Å². The Labute approximate surface area is 123 Å². The second kappa shape index (κ2) is 8.13. The number of nitrogens with one attached hydrogen (secondary N) is 2. The highest BCUT2D eigenvalue weighted by Gasteiger charge is 2.18. The molecule has 0 bridgehead atoms. The highest BCUT2D eigenvalue weighted by molar-refractivity contribution is 9.11. The number of aliphatic carboxylic acids is 1. The van der Waals surface area contributed by atoms with Crippen LogP contribution in [-0.4, -0.2) is 41.4 Å². The van der Waals surface area contributed by atoms with E-state index in [0.29, 0.717) is 13.0 Å². The SMILES string of the molecule is O=C(NCCc1ccc(Br)s1)NC(CCO)C(=O)O. The number of carboxylic acids is 1. The molecular weight excluding hydrogens is 336 g/mol. The van der Waals surface area contributed by atoms with Crippen molar-refractivity contribution < 1.29 is 19.8 Å². The molecule has 0 radical (unpaired) electrons. The largest absolute Gasteiger partial charge is 0.480 e. The van der Waals surface area contributed by atoms with Crippen molar-refractivity contribution >= 4 is 39.3 Å². The Kier molecular flexibility index (Phi) is 6.82. The molecule has 106 valence electrons. The van der Waals surface area contributed by atoms with Gasteiger partial charge < -0.3 is 20.8 Å². The van der Waals surface area contributed by atoms with Crippen LogP contribution in [0, 0.1) is 0 Å². The molecule has 1 aromatic heterocycles. The van der Waals surface area contributed by atoms with Crippen LogP contribution in [0.15, 0.2) is 15.9 Å². The maximum atomic E-state index is 11.5. The molecule has 1 atom stereocenters. The number of aliphatic hydroxyl groups is 1. The zero-order valence-electron chi connectivity index (χ0n) is 10.1. The van der Waals surface area contributed by atoms with E-state index in [0.717, 1.165) is 8.66 Å². The topological polar surface area (TPSA) is 98.7 Å². The zero-order chi connectivity index (χ0) is 14.3. The quantitative estimate of drug-likeness (QED) is 0.593. The first-order valence-corrected chi connectivity index (χ1v) is 7.26. The maximum absolute atomic E-state index is 11.5. The minimum absolute atomic E-state index is 0.0133. The summed E-state index contributed by atoms with van der Waals surface area (Å²) in [5.41, 5.74) is 0. The van der Waals surface area contributed by atoms with E-state index in [-0.39, 0.29) is 13.0 Å². The van der Waals surface area contributed by atoms with Crippen molar-refractivity contribution in [1.29, 1.82) is 0 Å². The van der Waals surface area contributed by atoms with Crippen molar-refractivity contribution in [3.8, 4) is 0 Å². The van der Waals surface area contributed by atoms with Crippen LogP contribution in [0.2, 0.25) is 0 Å². The van der Waals surface area contributed by atoms with Crippen LogP contribution in [0.4, 0.5) is 4.79 Å². The molecule has 6 nitrogen and oxygen atoms in total. The molecule has 1 rings (SSSR count). The Morgan fingerprint density at radius 2 is 2.16 bits per heavy atom. The third-order valence-corrected chi connectivity index (χ3v) is 3.99. The monoisotopic (exact) mass is 350 g/mol. The fourth-order valence-corrected chi connectivity index (χ4v) is 2.86. The van der Waals surface area contributed by atoms with Gasteiger partial charge in [-0.2, -0.15) is 0 Å². The molecule has 0 aliphatic rings. The minimum atomic E-state index is -1.16. The summed E-state index contributed by atoms with van der Waals surface area (Å²) in [6.45, 7) is 0.130. The number of aliphatic hydroxyl groups excluding tert-OH is 1. The molecule has 0 spiro atoms. The van der Waals surface area contributed by atoms with Crippen LogP contribution < -0.4 is 10.6 Å². The van der Waals surface area contributed by atoms with Crippen molar-refractivity contribution in [3.05, 3.63) is 20.8 Å². The van der Waals surface area contributed by atoms with E-state index in [1.54, 1.807) is 11.3 Å². The fraction of sp³-hybridized carbons (Fsp3) is 0.455. The number of amides is 2. The minimum Gasteiger partial charge on any atom is -0.480 e. The molecule has 19 heavy (non-hydrogen) atoms. The van der Waals surface area contributed by atoms with Crippen LogP contribution in [0.5, 0.6) is 0 Å². The smallest absolute Gasteiger partial charge is 0.326 e. The van der Waals surface area contributed by atoms with E-state index in [9.17, 15) is 9.59 Å². The highest BCUT2D eigenvalue weighted by Crippen LogP contribution is 2.21. The number of urea groups is 1. The molecule has 0 aliphatic heterocycles. The van der Waals surface area contributed by atoms with E-state index in [1.165, 1.54) is 0 Å². The predicted molar refractivity (Wildman–Crippen MR) is 75.4 cm³/mol. The maximum Gasteiger partial charge on any atom is 0.326 e. The van der Waals surface area contributed by atoms with Gasteiger partial charge in [0.1, 0.15) is 6.04 Å². The standard InChI is InChI=1S/C11H15BrN2O4S/c12-9-2-1-7(19-9)3-5-13-11(18)14-8(4-6-15)10(16)17/h1-2,8,15H,3-6H2,(H,16,17)(H2,13,14,18). The van der Waals surface area contributed by atoms with Gasteiger partial charge >= 0.3 is 12.0 Å². The van der Waals surface area contributed by atoms with Gasteiger partial charge in [0, 0.05) is 24.4 Å². The van der Waals surface area contributed by atoms with Gasteiger partial charge in [-0.05, 0) is 34.5 Å². The molecule has 2 amide bonds. The number of hydrogen-bond donors (Lipinski definition) is 4. The van der Waals surface area contributed by atoms with Gasteiger partial charge in [-0.25, -0.2) is 9.59 Å². The van der Waals surface area contributed by atoms with Crippen LogP contribution in [-0.2, 0) is 11.2 Å². The molecule has 1 heterocycles. The number of rotatable bonds is 7. The molecular formula is C11H15BrN2O4S. The lowest BCUT2D eigenvalue weighted by atomic mass is 10.2. The van der Waals surface area contributed by atoms with Crippen LogP contribution in [0.1, 0.15) is 11.3 Å². The molecule has 0 fully saturated rings. The van der Waals surface area contributed by atoms with Gasteiger partial charge in [0.05, 0.1) is 3.79 Å². The second-order valence-electron chi connectivity index (χ2n) is 3.76. The summed E-state index contributed by atoms with van der Waals surface area (Å²) in [4.78, 5) is 23.3. The molecule has 1 aromatic rings. The Hall–Kier alpha value is -1.12. The van der Waals surface area contributed by atoms with Crippen LogP contribution in [0.25, 0.3) is 0 Å². The number of halogens is 1. The van der Waals surface area contributed by atoms with Crippen molar-refractivity contribution in [1.82, 2.24) is 10.6 Å². The van der Waals surface area contributed by atoms with Gasteiger partial charge in [-0.15, -0.1) is 11.3 Å². The highest BCUT2D eigenvalue weighted by atomic mass is 79.9. The molecule has 4 N–H and O–H groups in total. The molecule has 0 aliphatic carbocycles. The normalized spacial score (nSPS) is 11.9. The van der Waals surface area contributed by atoms with Gasteiger partial charge in [0.2, 0.25) is 0 Å².